The number of para-hydroxylation sites is 2. The molecule has 0 saturated heterocycles. The average molecular weight is 443 g/mol. The summed E-state index contributed by atoms with van der Waals surface area (Å²) >= 11 is 0. The number of carbonyl (C=O) groups is 2. The Morgan fingerprint density at radius 2 is 1.68 bits per heavy atom. The molecular weight excluding hydrogens is 416 g/mol. The third-order valence-corrected chi connectivity index (χ3v) is 7.26. The number of ketones is 1. The molecule has 0 aliphatic carbocycles. The van der Waals surface area contributed by atoms with Crippen molar-refractivity contribution in [3.8, 4) is 0 Å². The highest BCUT2D eigenvalue weighted by Crippen LogP contribution is 2.21. The van der Waals surface area contributed by atoms with Crippen molar-refractivity contribution in [3.63, 3.8) is 0 Å². The number of fused-ring (bicyclic) bond motifs is 1. The highest BCUT2D eigenvalue weighted by Gasteiger charge is 2.27. The third-order valence-electron chi connectivity index (χ3n) is 5.11. The molecule has 0 spiro atoms. The van der Waals surface area contributed by atoms with E-state index < -0.39 is 21.0 Å². The monoisotopic (exact) mass is 442 g/mol. The maximum atomic E-state index is 12.8. The topological polar surface area (TPSA) is 120 Å². The Balaban J connectivity index is 1.50. The van der Waals surface area contributed by atoms with E-state index in [1.807, 2.05) is 18.2 Å². The van der Waals surface area contributed by atoms with Gasteiger partial charge in [0.25, 0.3) is 5.89 Å². The van der Waals surface area contributed by atoms with E-state index in [0.29, 0.717) is 42.3 Å². The van der Waals surface area contributed by atoms with Crippen molar-refractivity contribution in [2.24, 2.45) is 5.73 Å². The Bertz CT molecular complexity index is 1110. The number of unbranched alkanes of at least 4 members (excludes halogenated alkanes) is 2. The predicted octanol–water partition coefficient (Wildman–Crippen LogP) is 3.82. The van der Waals surface area contributed by atoms with Crippen LogP contribution in [-0.2, 0) is 20.4 Å². The zero-order chi connectivity index (χ0) is 22.3. The summed E-state index contributed by atoms with van der Waals surface area (Å²) in [5.41, 5.74) is 7.18. The van der Waals surface area contributed by atoms with E-state index >= 15 is 0 Å². The molecule has 1 unspecified atom stereocenters. The number of hydrogen-bond donors (Lipinski definition) is 1. The summed E-state index contributed by atoms with van der Waals surface area (Å²) < 4.78 is 31.1. The number of amides is 1. The smallest absolute Gasteiger partial charge is 0.264 e. The van der Waals surface area contributed by atoms with E-state index in [4.69, 9.17) is 10.2 Å². The Labute approximate surface area is 181 Å². The lowest BCUT2D eigenvalue weighted by Gasteiger charge is -2.16. The van der Waals surface area contributed by atoms with E-state index in [-0.39, 0.29) is 30.3 Å². The van der Waals surface area contributed by atoms with Crippen LogP contribution in [-0.4, -0.2) is 30.3 Å². The minimum Gasteiger partial charge on any atom is -0.434 e. The van der Waals surface area contributed by atoms with Gasteiger partial charge in [-0.15, -0.1) is 0 Å². The number of nitrogens with zero attached hydrogens (tertiary/aromatic N) is 1. The number of hydrogen-bond acceptors (Lipinski definition) is 6. The minimum absolute atomic E-state index is 0.0956. The van der Waals surface area contributed by atoms with Crippen LogP contribution < -0.4 is 5.73 Å². The molecule has 3 aromatic rings. The molecule has 0 aliphatic rings. The molecule has 164 valence electrons. The molecule has 1 amide bonds. The largest absolute Gasteiger partial charge is 0.434 e. The van der Waals surface area contributed by atoms with Gasteiger partial charge in [-0.25, -0.2) is 13.4 Å². The van der Waals surface area contributed by atoms with Gasteiger partial charge in [0.05, 0.1) is 11.0 Å². The summed E-state index contributed by atoms with van der Waals surface area (Å²) in [5, 5.41) is -0.821. The van der Waals surface area contributed by atoms with Gasteiger partial charge in [-0.3, -0.25) is 9.59 Å². The number of rotatable bonds is 12. The van der Waals surface area contributed by atoms with Crippen LogP contribution in [0, 0.1) is 0 Å². The van der Waals surface area contributed by atoms with Gasteiger partial charge < -0.3 is 10.2 Å². The van der Waals surface area contributed by atoms with E-state index in [9.17, 15) is 18.0 Å². The maximum absolute atomic E-state index is 12.8. The summed E-state index contributed by atoms with van der Waals surface area (Å²) in [4.78, 5) is 27.9. The van der Waals surface area contributed by atoms with Gasteiger partial charge in [0, 0.05) is 12.8 Å². The Kier molecular flexibility index (Phi) is 7.57. The molecular formula is C23H26N2O5S. The van der Waals surface area contributed by atoms with Gasteiger partial charge in [0.1, 0.15) is 5.52 Å². The molecule has 8 heteroatoms. The first-order valence-electron chi connectivity index (χ1n) is 10.3. The molecule has 0 saturated carbocycles. The normalized spacial score (nSPS) is 12.6. The molecule has 0 fully saturated rings. The highest BCUT2D eigenvalue weighted by atomic mass is 32.2. The molecule has 3 rings (SSSR count). The first-order valence-corrected chi connectivity index (χ1v) is 12.0. The lowest BCUT2D eigenvalue weighted by Crippen LogP contribution is -2.29. The van der Waals surface area contributed by atoms with Crippen LogP contribution in [0.1, 0.15) is 54.8 Å². The van der Waals surface area contributed by atoms with Crippen molar-refractivity contribution < 1.29 is 22.4 Å². The van der Waals surface area contributed by atoms with Crippen LogP contribution in [0.2, 0.25) is 0 Å². The fraction of sp³-hybridized carbons (Fsp3) is 0.348. The summed E-state index contributed by atoms with van der Waals surface area (Å²) in [5.74, 6) is -0.838. The number of primary amides is 1. The first-order chi connectivity index (χ1) is 14.8. The number of nitrogens with two attached hydrogens (primary N) is 1. The van der Waals surface area contributed by atoms with Crippen molar-refractivity contribution in [1.29, 1.82) is 0 Å². The van der Waals surface area contributed by atoms with Gasteiger partial charge in [-0.2, -0.15) is 0 Å². The van der Waals surface area contributed by atoms with E-state index in [1.165, 1.54) is 0 Å². The number of aromatic nitrogens is 1. The number of benzene rings is 2. The van der Waals surface area contributed by atoms with Crippen molar-refractivity contribution in [2.75, 3.05) is 0 Å². The van der Waals surface area contributed by atoms with Crippen molar-refractivity contribution in [3.05, 3.63) is 66.1 Å². The molecule has 0 aliphatic heterocycles. The molecule has 1 heterocycles. The Morgan fingerprint density at radius 3 is 2.39 bits per heavy atom. The molecule has 2 aromatic carbocycles. The maximum Gasteiger partial charge on any atom is 0.264 e. The highest BCUT2D eigenvalue weighted by molar-refractivity contribution is 7.91. The lowest BCUT2D eigenvalue weighted by molar-refractivity contribution is -0.118. The van der Waals surface area contributed by atoms with Gasteiger partial charge in [0.15, 0.2) is 15.4 Å². The van der Waals surface area contributed by atoms with Crippen LogP contribution in [0.25, 0.3) is 11.1 Å². The van der Waals surface area contributed by atoms with Crippen molar-refractivity contribution in [2.45, 2.75) is 49.5 Å². The standard InChI is InChI=1S/C23H26N2O5S/c24-22(27)15-18(31(28,29)16-17-9-3-1-4-10-17)11-5-2-6-13-20(26)23-25-19-12-7-8-14-21(19)30-23/h1,3-4,7-10,12,14,18H,2,5-6,11,13,15-16H2,(H2,24,27). The van der Waals surface area contributed by atoms with Crippen LogP contribution in [0.4, 0.5) is 0 Å². The molecule has 0 bridgehead atoms. The summed E-state index contributed by atoms with van der Waals surface area (Å²) in [7, 11) is -3.52. The van der Waals surface area contributed by atoms with Gasteiger partial charge in [0.2, 0.25) is 11.7 Å². The third kappa shape index (κ3) is 6.49. The SMILES string of the molecule is NC(=O)CC(CCCCCC(=O)c1nc2ccccc2o1)S(=O)(=O)Cc1ccccc1. The van der Waals surface area contributed by atoms with Gasteiger partial charge >= 0.3 is 0 Å². The Morgan fingerprint density at radius 1 is 0.968 bits per heavy atom. The quantitative estimate of drug-likeness (QED) is 0.336. The summed E-state index contributed by atoms with van der Waals surface area (Å²) in [6, 6.07) is 16.1. The fourth-order valence-corrected chi connectivity index (χ4v) is 5.33. The van der Waals surface area contributed by atoms with Crippen LogP contribution in [0.15, 0.2) is 59.0 Å². The molecule has 7 nitrogen and oxygen atoms in total. The number of carbonyl (C=O) groups excluding carboxylic acids is 2. The summed E-state index contributed by atoms with van der Waals surface area (Å²) in [6.45, 7) is 0. The lowest BCUT2D eigenvalue weighted by atomic mass is 10.1. The minimum atomic E-state index is -3.52. The molecule has 2 N–H and O–H groups in total. The van der Waals surface area contributed by atoms with Crippen LogP contribution in [0.5, 0.6) is 0 Å². The van der Waals surface area contributed by atoms with E-state index in [0.717, 1.165) is 0 Å². The molecule has 0 radical (unpaired) electrons. The zero-order valence-electron chi connectivity index (χ0n) is 17.2. The predicted molar refractivity (Wildman–Crippen MR) is 118 cm³/mol. The second-order valence-electron chi connectivity index (χ2n) is 7.59. The van der Waals surface area contributed by atoms with Crippen LogP contribution in [0.3, 0.4) is 0 Å². The number of sulfone groups is 1. The second-order valence-corrected chi connectivity index (χ2v) is 9.88. The molecule has 31 heavy (non-hydrogen) atoms. The van der Waals surface area contributed by atoms with E-state index in [1.54, 1.807) is 36.4 Å². The zero-order valence-corrected chi connectivity index (χ0v) is 18.0. The second kappa shape index (κ2) is 10.3. The molecule has 1 atom stereocenters. The molecule has 1 aromatic heterocycles. The number of oxazole rings is 1. The number of Topliss-reactive ketones (excluding diaryl/α,β-unsaturated/α-hetero) is 1. The van der Waals surface area contributed by atoms with E-state index in [2.05, 4.69) is 4.98 Å². The summed E-state index contributed by atoms with van der Waals surface area (Å²) in [6.07, 6.45) is 2.21. The van der Waals surface area contributed by atoms with Crippen LogP contribution >= 0.6 is 0 Å². The van der Waals surface area contributed by atoms with Gasteiger partial charge in [-0.1, -0.05) is 55.3 Å². The average Bonchev–Trinajstić information content (AvgIpc) is 3.17. The van der Waals surface area contributed by atoms with Gasteiger partial charge in [-0.05, 0) is 30.5 Å². The van der Waals surface area contributed by atoms with Crippen molar-refractivity contribution >= 4 is 32.6 Å². The fourth-order valence-electron chi connectivity index (χ4n) is 3.49. The first kappa shape index (κ1) is 22.7. The Hall–Kier alpha value is -3.00. The van der Waals surface area contributed by atoms with Crippen molar-refractivity contribution in [1.82, 2.24) is 4.98 Å².